The van der Waals surface area contributed by atoms with Gasteiger partial charge in [-0.05, 0) is 40.2 Å². The summed E-state index contributed by atoms with van der Waals surface area (Å²) in [5.74, 6) is 0.577. The first-order chi connectivity index (χ1) is 8.43. The van der Waals surface area contributed by atoms with Crippen LogP contribution in [0.5, 0.6) is 5.75 Å². The van der Waals surface area contributed by atoms with E-state index in [0.717, 1.165) is 6.33 Å². The number of aromatic nitrogens is 2. The highest BCUT2D eigenvalue weighted by Gasteiger charge is 2.34. The molecule has 0 radical (unpaired) electrons. The van der Waals surface area contributed by atoms with Gasteiger partial charge in [0.1, 0.15) is 16.7 Å². The van der Waals surface area contributed by atoms with Crippen molar-refractivity contribution in [2.45, 2.75) is 6.30 Å². The lowest BCUT2D eigenvalue weighted by Crippen LogP contribution is -2.16. The summed E-state index contributed by atoms with van der Waals surface area (Å²) in [7, 11) is 1.49. The molecule has 3 nitrogen and oxygen atoms in total. The molecule has 0 aliphatic heterocycles. The van der Waals surface area contributed by atoms with Crippen molar-refractivity contribution in [1.82, 2.24) is 9.55 Å². The molecule has 0 amide bonds. The van der Waals surface area contributed by atoms with Crippen molar-refractivity contribution in [3.8, 4) is 17.0 Å². The molecule has 0 fully saturated rings. The second kappa shape index (κ2) is 4.64. The number of ether oxygens (including phenoxy) is 1. The average molecular weight is 321 g/mol. The molecule has 1 aromatic heterocycles. The molecule has 0 spiro atoms. The molecule has 1 heterocycles. The van der Waals surface area contributed by atoms with Crippen molar-refractivity contribution < 1.29 is 17.9 Å². The lowest BCUT2D eigenvalue weighted by Gasteiger charge is -2.12. The van der Waals surface area contributed by atoms with E-state index in [1.807, 2.05) is 0 Å². The van der Waals surface area contributed by atoms with Crippen LogP contribution in [0.2, 0.25) is 0 Å². The van der Waals surface area contributed by atoms with Crippen LogP contribution in [0.1, 0.15) is 0 Å². The Hall–Kier alpha value is -1.50. The molecule has 0 aliphatic carbocycles. The number of hydrogen-bond acceptors (Lipinski definition) is 2. The zero-order chi connectivity index (χ0) is 13.3. The summed E-state index contributed by atoms with van der Waals surface area (Å²) in [6, 6.07) is 6.27. The summed E-state index contributed by atoms with van der Waals surface area (Å²) in [5, 5.41) is 0. The smallest absolute Gasteiger partial charge is 0.490 e. The Morgan fingerprint density at radius 2 is 1.83 bits per heavy atom. The third-order valence-corrected chi connectivity index (χ3v) is 2.94. The molecule has 18 heavy (non-hydrogen) atoms. The molecule has 0 bridgehead atoms. The molecule has 2 aromatic rings. The summed E-state index contributed by atoms with van der Waals surface area (Å²) in [5.41, 5.74) is 0.364. The average Bonchev–Trinajstić information content (AvgIpc) is 2.71. The largest absolute Gasteiger partial charge is 0.497 e. The van der Waals surface area contributed by atoms with Gasteiger partial charge < -0.3 is 4.74 Å². The molecule has 1 aromatic carbocycles. The van der Waals surface area contributed by atoms with E-state index in [-0.39, 0.29) is 14.9 Å². The summed E-state index contributed by atoms with van der Waals surface area (Å²) in [4.78, 5) is 3.63. The molecule has 2 rings (SSSR count). The molecular weight excluding hydrogens is 313 g/mol. The second-order valence-corrected chi connectivity index (χ2v) is 4.20. The highest BCUT2D eigenvalue weighted by Crippen LogP contribution is 2.35. The van der Waals surface area contributed by atoms with E-state index >= 15 is 0 Å². The predicted molar refractivity (Wildman–Crippen MR) is 63.2 cm³/mol. The summed E-state index contributed by atoms with van der Waals surface area (Å²) < 4.78 is 43.6. The Labute approximate surface area is 109 Å². The maximum atomic E-state index is 12.8. The molecule has 96 valence electrons. The normalized spacial score (nSPS) is 11.6. The number of benzene rings is 1. The first kappa shape index (κ1) is 12.9. The molecule has 0 saturated carbocycles. The van der Waals surface area contributed by atoms with Gasteiger partial charge in [0.05, 0.1) is 12.8 Å². The monoisotopic (exact) mass is 320 g/mol. The predicted octanol–water partition coefficient (Wildman–Crippen LogP) is 3.80. The Morgan fingerprint density at radius 1 is 1.22 bits per heavy atom. The molecule has 0 N–H and O–H groups in total. The fraction of sp³-hybridized carbons (Fsp3) is 0.182. The SMILES string of the molecule is COc1ccc(-c2c(Br)ncn2C(F)(F)F)cc1. The van der Waals surface area contributed by atoms with Crippen molar-refractivity contribution >= 4 is 15.9 Å². The highest BCUT2D eigenvalue weighted by atomic mass is 79.9. The van der Waals surface area contributed by atoms with Gasteiger partial charge >= 0.3 is 6.30 Å². The van der Waals surface area contributed by atoms with Gasteiger partial charge in [0.15, 0.2) is 0 Å². The van der Waals surface area contributed by atoms with Crippen LogP contribution in [-0.2, 0) is 6.30 Å². The minimum absolute atomic E-state index is 0.0369. The first-order valence-corrected chi connectivity index (χ1v) is 5.67. The first-order valence-electron chi connectivity index (χ1n) is 4.88. The number of hydrogen-bond donors (Lipinski definition) is 0. The van der Waals surface area contributed by atoms with Crippen molar-refractivity contribution in [3.63, 3.8) is 0 Å². The van der Waals surface area contributed by atoms with Crippen LogP contribution in [0.3, 0.4) is 0 Å². The van der Waals surface area contributed by atoms with E-state index in [0.29, 0.717) is 11.3 Å². The number of alkyl halides is 3. The van der Waals surface area contributed by atoms with Gasteiger partial charge in [-0.2, -0.15) is 0 Å². The number of methoxy groups -OCH3 is 1. The molecule has 0 aliphatic rings. The molecule has 0 unspecified atom stereocenters. The molecule has 0 atom stereocenters. The molecular formula is C11H8BrF3N2O. The van der Waals surface area contributed by atoms with E-state index in [1.54, 1.807) is 24.3 Å². The van der Waals surface area contributed by atoms with Crippen molar-refractivity contribution in [1.29, 1.82) is 0 Å². The minimum atomic E-state index is -4.51. The van der Waals surface area contributed by atoms with Crippen LogP contribution >= 0.6 is 15.9 Å². The Kier molecular flexibility index (Phi) is 3.34. The number of rotatable bonds is 2. The minimum Gasteiger partial charge on any atom is -0.497 e. The maximum absolute atomic E-state index is 12.8. The van der Waals surface area contributed by atoms with Crippen LogP contribution in [0.4, 0.5) is 13.2 Å². The highest BCUT2D eigenvalue weighted by molar-refractivity contribution is 9.10. The van der Waals surface area contributed by atoms with E-state index in [4.69, 9.17) is 4.74 Å². The van der Waals surface area contributed by atoms with Crippen molar-refractivity contribution in [3.05, 3.63) is 35.2 Å². The van der Waals surface area contributed by atoms with Gasteiger partial charge in [0.25, 0.3) is 0 Å². The van der Waals surface area contributed by atoms with E-state index in [9.17, 15) is 13.2 Å². The fourth-order valence-corrected chi connectivity index (χ4v) is 2.04. The maximum Gasteiger partial charge on any atom is 0.490 e. The quantitative estimate of drug-likeness (QED) is 0.841. The Bertz CT molecular complexity index is 548. The van der Waals surface area contributed by atoms with Gasteiger partial charge in [0.2, 0.25) is 0 Å². The van der Waals surface area contributed by atoms with E-state index < -0.39 is 6.30 Å². The van der Waals surface area contributed by atoms with Crippen LogP contribution in [0.15, 0.2) is 35.2 Å². The zero-order valence-electron chi connectivity index (χ0n) is 9.20. The van der Waals surface area contributed by atoms with Crippen molar-refractivity contribution in [2.24, 2.45) is 0 Å². The van der Waals surface area contributed by atoms with Gasteiger partial charge in [-0.3, -0.25) is 0 Å². The Balaban J connectivity index is 2.52. The lowest BCUT2D eigenvalue weighted by molar-refractivity contribution is -0.202. The van der Waals surface area contributed by atoms with Crippen LogP contribution in [0.25, 0.3) is 11.3 Å². The van der Waals surface area contributed by atoms with Crippen LogP contribution in [0, 0.1) is 0 Å². The van der Waals surface area contributed by atoms with Crippen LogP contribution in [-0.4, -0.2) is 16.7 Å². The molecule has 7 heteroatoms. The van der Waals surface area contributed by atoms with Gasteiger partial charge in [0, 0.05) is 5.56 Å². The standard InChI is InChI=1S/C11H8BrF3N2O/c1-18-8-4-2-7(3-5-8)9-10(12)16-6-17(9)11(13,14)15/h2-6H,1H3. The van der Waals surface area contributed by atoms with Crippen molar-refractivity contribution in [2.75, 3.05) is 7.11 Å². The second-order valence-electron chi connectivity index (χ2n) is 3.45. The summed E-state index contributed by atoms with van der Waals surface area (Å²) in [6.07, 6.45) is -3.77. The number of halogens is 4. The third-order valence-electron chi connectivity index (χ3n) is 2.36. The zero-order valence-corrected chi connectivity index (χ0v) is 10.8. The fourth-order valence-electron chi connectivity index (χ4n) is 1.53. The summed E-state index contributed by atoms with van der Waals surface area (Å²) in [6.45, 7) is 0. The van der Waals surface area contributed by atoms with Gasteiger partial charge in [-0.25, -0.2) is 9.55 Å². The van der Waals surface area contributed by atoms with Gasteiger partial charge in [-0.1, -0.05) is 0 Å². The van der Waals surface area contributed by atoms with Crippen LogP contribution < -0.4 is 4.74 Å². The molecule has 0 saturated heterocycles. The van der Waals surface area contributed by atoms with Gasteiger partial charge in [-0.15, -0.1) is 13.2 Å². The lowest BCUT2D eigenvalue weighted by atomic mass is 10.1. The Morgan fingerprint density at radius 3 is 2.33 bits per heavy atom. The number of nitrogens with zero attached hydrogens (tertiary/aromatic N) is 2. The topological polar surface area (TPSA) is 27.1 Å². The third kappa shape index (κ3) is 2.35. The number of imidazole rings is 1. The van der Waals surface area contributed by atoms with E-state index in [1.165, 1.54) is 7.11 Å². The van der Waals surface area contributed by atoms with E-state index in [2.05, 4.69) is 20.9 Å². The summed E-state index contributed by atoms with van der Waals surface area (Å²) >= 11 is 3.02.